The molecule has 0 spiro atoms. The van der Waals surface area contributed by atoms with Gasteiger partial charge in [-0.3, -0.25) is 9.69 Å². The molecule has 0 bridgehead atoms. The highest BCUT2D eigenvalue weighted by molar-refractivity contribution is 5.78. The first-order valence-electron chi connectivity index (χ1n) is 5.45. The maximum absolute atomic E-state index is 11.3. The zero-order valence-electron chi connectivity index (χ0n) is 8.50. The molecule has 2 rings (SSSR count). The number of hydrogen-bond donors (Lipinski definition) is 1. The Balaban J connectivity index is 1.79. The SMILES string of the molecule is O=C1CN(CC2CCCO2)CCCN1. The van der Waals surface area contributed by atoms with Gasteiger partial charge in [-0.25, -0.2) is 0 Å². The van der Waals surface area contributed by atoms with Crippen LogP contribution in [0.4, 0.5) is 0 Å². The molecule has 2 aliphatic heterocycles. The van der Waals surface area contributed by atoms with Crippen molar-refractivity contribution in [1.29, 1.82) is 0 Å². The predicted molar refractivity (Wildman–Crippen MR) is 53.0 cm³/mol. The van der Waals surface area contributed by atoms with Crippen molar-refractivity contribution in [1.82, 2.24) is 10.2 Å². The van der Waals surface area contributed by atoms with Gasteiger partial charge in [0.1, 0.15) is 0 Å². The van der Waals surface area contributed by atoms with Crippen molar-refractivity contribution < 1.29 is 9.53 Å². The van der Waals surface area contributed by atoms with Crippen LogP contribution in [0.3, 0.4) is 0 Å². The number of ether oxygens (including phenoxy) is 1. The normalized spacial score (nSPS) is 30.0. The van der Waals surface area contributed by atoms with E-state index in [1.54, 1.807) is 0 Å². The third-order valence-corrected chi connectivity index (χ3v) is 2.83. The molecule has 0 aromatic rings. The minimum absolute atomic E-state index is 0.153. The average molecular weight is 198 g/mol. The third kappa shape index (κ3) is 2.69. The standard InChI is InChI=1S/C10H18N2O2/c13-10-8-12(5-2-4-11-10)7-9-3-1-6-14-9/h9H,1-8H2,(H,11,13). The summed E-state index contributed by atoms with van der Waals surface area (Å²) in [5, 5.41) is 2.88. The van der Waals surface area contributed by atoms with Crippen LogP contribution >= 0.6 is 0 Å². The molecule has 0 aliphatic carbocycles. The smallest absolute Gasteiger partial charge is 0.234 e. The molecule has 1 unspecified atom stereocenters. The quantitative estimate of drug-likeness (QED) is 0.678. The molecule has 80 valence electrons. The van der Waals surface area contributed by atoms with E-state index in [9.17, 15) is 4.79 Å². The highest BCUT2D eigenvalue weighted by Gasteiger charge is 2.21. The van der Waals surface area contributed by atoms with Crippen LogP contribution in [0, 0.1) is 0 Å². The van der Waals surface area contributed by atoms with Crippen molar-refractivity contribution in [3.8, 4) is 0 Å². The Morgan fingerprint density at radius 1 is 1.50 bits per heavy atom. The summed E-state index contributed by atoms with van der Waals surface area (Å²) in [5.74, 6) is 0.153. The second-order valence-electron chi connectivity index (χ2n) is 4.07. The van der Waals surface area contributed by atoms with Crippen LogP contribution < -0.4 is 5.32 Å². The van der Waals surface area contributed by atoms with Gasteiger partial charge in [-0.1, -0.05) is 0 Å². The highest BCUT2D eigenvalue weighted by atomic mass is 16.5. The van der Waals surface area contributed by atoms with Crippen LogP contribution in [0.5, 0.6) is 0 Å². The zero-order chi connectivity index (χ0) is 9.80. The van der Waals surface area contributed by atoms with Gasteiger partial charge in [-0.2, -0.15) is 0 Å². The lowest BCUT2D eigenvalue weighted by Gasteiger charge is -2.21. The van der Waals surface area contributed by atoms with Gasteiger partial charge >= 0.3 is 0 Å². The van der Waals surface area contributed by atoms with E-state index in [-0.39, 0.29) is 5.91 Å². The summed E-state index contributed by atoms with van der Waals surface area (Å²) in [6, 6.07) is 0. The second kappa shape index (κ2) is 4.75. The van der Waals surface area contributed by atoms with Crippen LogP contribution in [-0.2, 0) is 9.53 Å². The van der Waals surface area contributed by atoms with E-state index in [1.807, 2.05) is 0 Å². The van der Waals surface area contributed by atoms with E-state index < -0.39 is 0 Å². The number of amides is 1. The predicted octanol–water partition coefficient (Wildman–Crippen LogP) is -0.0127. The van der Waals surface area contributed by atoms with Gasteiger partial charge in [0, 0.05) is 26.2 Å². The van der Waals surface area contributed by atoms with Crippen molar-refractivity contribution in [2.24, 2.45) is 0 Å². The Morgan fingerprint density at radius 2 is 2.43 bits per heavy atom. The van der Waals surface area contributed by atoms with Crippen LogP contribution in [0.25, 0.3) is 0 Å². The molecule has 4 nitrogen and oxygen atoms in total. The Bertz CT molecular complexity index is 202. The van der Waals surface area contributed by atoms with Crippen molar-refractivity contribution >= 4 is 5.91 Å². The molecule has 4 heteroatoms. The largest absolute Gasteiger partial charge is 0.377 e. The maximum Gasteiger partial charge on any atom is 0.234 e. The number of carbonyl (C=O) groups is 1. The minimum atomic E-state index is 0.153. The second-order valence-corrected chi connectivity index (χ2v) is 4.07. The Hall–Kier alpha value is -0.610. The van der Waals surface area contributed by atoms with Gasteiger partial charge in [-0.15, -0.1) is 0 Å². The number of rotatable bonds is 2. The lowest BCUT2D eigenvalue weighted by Crippen LogP contribution is -2.37. The van der Waals surface area contributed by atoms with E-state index in [0.29, 0.717) is 12.6 Å². The van der Waals surface area contributed by atoms with E-state index in [0.717, 1.165) is 39.1 Å². The third-order valence-electron chi connectivity index (χ3n) is 2.83. The fraction of sp³-hybridized carbons (Fsp3) is 0.900. The zero-order valence-corrected chi connectivity index (χ0v) is 8.50. The van der Waals surface area contributed by atoms with Crippen LogP contribution in [0.15, 0.2) is 0 Å². The summed E-state index contributed by atoms with van der Waals surface area (Å²) in [7, 11) is 0. The summed E-state index contributed by atoms with van der Waals surface area (Å²) in [5.41, 5.74) is 0. The van der Waals surface area contributed by atoms with E-state index in [2.05, 4.69) is 10.2 Å². The van der Waals surface area contributed by atoms with Gasteiger partial charge in [0.2, 0.25) is 5.91 Å². The molecule has 0 aromatic carbocycles. The number of hydrogen-bond acceptors (Lipinski definition) is 3. The van der Waals surface area contributed by atoms with Crippen LogP contribution in [0.1, 0.15) is 19.3 Å². The van der Waals surface area contributed by atoms with Crippen molar-refractivity contribution in [3.63, 3.8) is 0 Å². The topological polar surface area (TPSA) is 41.6 Å². The van der Waals surface area contributed by atoms with E-state index in [4.69, 9.17) is 4.74 Å². The Kier molecular flexibility index (Phi) is 3.37. The fourth-order valence-corrected chi connectivity index (χ4v) is 2.10. The molecule has 0 aromatic heterocycles. The summed E-state index contributed by atoms with van der Waals surface area (Å²) in [6.45, 7) is 4.19. The lowest BCUT2D eigenvalue weighted by atomic mass is 10.2. The molecular formula is C10H18N2O2. The molecule has 1 amide bonds. The van der Waals surface area contributed by atoms with E-state index in [1.165, 1.54) is 6.42 Å². The molecule has 2 fully saturated rings. The summed E-state index contributed by atoms with van der Waals surface area (Å²) in [6.07, 6.45) is 3.74. The molecule has 2 aliphatic rings. The van der Waals surface area contributed by atoms with Gasteiger partial charge in [0.25, 0.3) is 0 Å². The molecule has 0 radical (unpaired) electrons. The van der Waals surface area contributed by atoms with Gasteiger partial charge in [0.15, 0.2) is 0 Å². The van der Waals surface area contributed by atoms with Crippen molar-refractivity contribution in [3.05, 3.63) is 0 Å². The van der Waals surface area contributed by atoms with Gasteiger partial charge in [-0.05, 0) is 19.3 Å². The molecule has 0 saturated carbocycles. The number of nitrogens with one attached hydrogen (secondary N) is 1. The molecule has 1 N–H and O–H groups in total. The highest BCUT2D eigenvalue weighted by Crippen LogP contribution is 2.13. The Morgan fingerprint density at radius 3 is 3.21 bits per heavy atom. The average Bonchev–Trinajstić information content (AvgIpc) is 2.56. The number of nitrogens with zero attached hydrogens (tertiary/aromatic N) is 1. The monoisotopic (exact) mass is 198 g/mol. The fourth-order valence-electron chi connectivity index (χ4n) is 2.10. The van der Waals surface area contributed by atoms with Crippen molar-refractivity contribution in [2.45, 2.75) is 25.4 Å². The first-order valence-corrected chi connectivity index (χ1v) is 5.45. The summed E-state index contributed by atoms with van der Waals surface area (Å²) >= 11 is 0. The van der Waals surface area contributed by atoms with Gasteiger partial charge in [0.05, 0.1) is 12.6 Å². The maximum atomic E-state index is 11.3. The van der Waals surface area contributed by atoms with Crippen LogP contribution in [-0.4, -0.2) is 49.7 Å². The molecule has 1 atom stereocenters. The lowest BCUT2D eigenvalue weighted by molar-refractivity contribution is -0.121. The summed E-state index contributed by atoms with van der Waals surface area (Å²) in [4.78, 5) is 13.5. The number of carbonyl (C=O) groups excluding carboxylic acids is 1. The molecule has 14 heavy (non-hydrogen) atoms. The van der Waals surface area contributed by atoms with Crippen LogP contribution in [0.2, 0.25) is 0 Å². The Labute approximate surface area is 84.6 Å². The summed E-state index contributed by atoms with van der Waals surface area (Å²) < 4.78 is 5.56. The molecule has 2 saturated heterocycles. The van der Waals surface area contributed by atoms with Gasteiger partial charge < -0.3 is 10.1 Å². The van der Waals surface area contributed by atoms with Crippen molar-refractivity contribution in [2.75, 3.05) is 32.8 Å². The molecule has 2 heterocycles. The minimum Gasteiger partial charge on any atom is -0.377 e. The first-order chi connectivity index (χ1) is 6.84. The first kappa shape index (κ1) is 9.93. The molecular weight excluding hydrogens is 180 g/mol. The van der Waals surface area contributed by atoms with E-state index >= 15 is 0 Å².